The minimum atomic E-state index is -0.289. The van der Waals surface area contributed by atoms with Gasteiger partial charge in [0.15, 0.2) is 5.82 Å². The van der Waals surface area contributed by atoms with Crippen LogP contribution in [0.1, 0.15) is 31.9 Å². The Balaban J connectivity index is 1.90. The third-order valence-electron chi connectivity index (χ3n) is 3.33. The van der Waals surface area contributed by atoms with E-state index >= 15 is 0 Å². The molecule has 0 saturated carbocycles. The van der Waals surface area contributed by atoms with Gasteiger partial charge >= 0.3 is 0 Å². The van der Waals surface area contributed by atoms with Crippen LogP contribution in [0.15, 0.2) is 10.6 Å². The Morgan fingerprint density at radius 1 is 1.52 bits per heavy atom. The van der Waals surface area contributed by atoms with Crippen molar-refractivity contribution in [1.29, 1.82) is 0 Å². The van der Waals surface area contributed by atoms with Crippen molar-refractivity contribution in [3.05, 3.63) is 11.8 Å². The highest BCUT2D eigenvalue weighted by atomic mass is 16.5. The number of hydrogen-bond donors (Lipinski definition) is 1. The van der Waals surface area contributed by atoms with Crippen molar-refractivity contribution in [2.45, 2.75) is 39.2 Å². The van der Waals surface area contributed by atoms with Gasteiger partial charge in [-0.2, -0.15) is 0 Å². The van der Waals surface area contributed by atoms with Gasteiger partial charge in [0.25, 0.3) is 0 Å². The largest absolute Gasteiger partial charge is 0.376 e. The van der Waals surface area contributed by atoms with Gasteiger partial charge in [-0.3, -0.25) is 9.59 Å². The third-order valence-corrected chi connectivity index (χ3v) is 3.33. The Bertz CT molecular complexity index is 494. The van der Waals surface area contributed by atoms with Crippen molar-refractivity contribution in [3.63, 3.8) is 0 Å². The van der Waals surface area contributed by atoms with Crippen LogP contribution in [0.4, 0.5) is 5.82 Å². The van der Waals surface area contributed by atoms with E-state index in [1.807, 2.05) is 0 Å². The molecule has 2 amide bonds. The fourth-order valence-corrected chi connectivity index (χ4v) is 2.29. The van der Waals surface area contributed by atoms with E-state index in [4.69, 9.17) is 9.26 Å². The molecule has 1 aliphatic rings. The number of carbonyl (C=O) groups excluding carboxylic acids is 2. The maximum atomic E-state index is 12.0. The van der Waals surface area contributed by atoms with Crippen LogP contribution in [0.2, 0.25) is 0 Å². The van der Waals surface area contributed by atoms with E-state index in [9.17, 15) is 9.59 Å². The van der Waals surface area contributed by atoms with Crippen molar-refractivity contribution in [3.8, 4) is 0 Å². The molecular formula is C14H21N3O4. The van der Waals surface area contributed by atoms with E-state index in [2.05, 4.69) is 10.5 Å². The molecule has 0 radical (unpaired) electrons. The quantitative estimate of drug-likeness (QED) is 0.856. The monoisotopic (exact) mass is 295 g/mol. The molecule has 1 atom stereocenters. The zero-order valence-corrected chi connectivity index (χ0v) is 12.4. The lowest BCUT2D eigenvalue weighted by Gasteiger charge is -2.24. The topological polar surface area (TPSA) is 84.7 Å². The normalized spacial score (nSPS) is 17.7. The molecule has 1 saturated heterocycles. The molecule has 7 nitrogen and oxygen atoms in total. The van der Waals surface area contributed by atoms with Crippen LogP contribution in [0, 0.1) is 6.92 Å². The molecule has 21 heavy (non-hydrogen) atoms. The maximum absolute atomic E-state index is 12.0. The van der Waals surface area contributed by atoms with Crippen LogP contribution in [-0.4, -0.2) is 47.7 Å². The van der Waals surface area contributed by atoms with E-state index in [0.717, 1.165) is 19.4 Å². The number of carbonyl (C=O) groups is 2. The van der Waals surface area contributed by atoms with Crippen LogP contribution in [-0.2, 0) is 14.3 Å². The molecule has 116 valence electrons. The molecule has 1 aliphatic heterocycles. The molecule has 0 bridgehead atoms. The van der Waals surface area contributed by atoms with Crippen LogP contribution < -0.4 is 5.32 Å². The summed E-state index contributed by atoms with van der Waals surface area (Å²) in [6.45, 7) is 4.70. The number of ether oxygens (including phenoxy) is 1. The van der Waals surface area contributed by atoms with E-state index in [-0.39, 0.29) is 24.5 Å². The number of hydrogen-bond acceptors (Lipinski definition) is 5. The molecule has 1 N–H and O–H groups in total. The van der Waals surface area contributed by atoms with E-state index in [1.54, 1.807) is 19.9 Å². The van der Waals surface area contributed by atoms with Gasteiger partial charge in [0.1, 0.15) is 5.76 Å². The van der Waals surface area contributed by atoms with Gasteiger partial charge in [0, 0.05) is 25.6 Å². The molecular weight excluding hydrogens is 274 g/mol. The highest BCUT2D eigenvalue weighted by Crippen LogP contribution is 2.14. The van der Waals surface area contributed by atoms with Gasteiger partial charge in [-0.05, 0) is 19.8 Å². The van der Waals surface area contributed by atoms with Gasteiger partial charge < -0.3 is 19.5 Å². The summed E-state index contributed by atoms with van der Waals surface area (Å²) in [6.07, 6.45) is 2.33. The smallest absolute Gasteiger partial charge is 0.245 e. The first kappa shape index (κ1) is 15.5. The van der Waals surface area contributed by atoms with Crippen molar-refractivity contribution in [1.82, 2.24) is 10.1 Å². The number of anilines is 1. The molecule has 1 fully saturated rings. The maximum Gasteiger partial charge on any atom is 0.245 e. The lowest BCUT2D eigenvalue weighted by molar-refractivity contribution is -0.135. The predicted octanol–water partition coefficient (Wildman–Crippen LogP) is 1.34. The minimum Gasteiger partial charge on any atom is -0.376 e. The lowest BCUT2D eigenvalue weighted by Crippen LogP contribution is -2.42. The fourth-order valence-electron chi connectivity index (χ4n) is 2.29. The average molecular weight is 295 g/mol. The summed E-state index contributed by atoms with van der Waals surface area (Å²) >= 11 is 0. The van der Waals surface area contributed by atoms with Crippen molar-refractivity contribution in [2.24, 2.45) is 0 Å². The van der Waals surface area contributed by atoms with E-state index in [1.165, 1.54) is 4.90 Å². The summed E-state index contributed by atoms with van der Waals surface area (Å²) in [6, 6.07) is 1.63. The zero-order chi connectivity index (χ0) is 15.2. The Kier molecular flexibility index (Phi) is 5.32. The first-order chi connectivity index (χ1) is 10.1. The van der Waals surface area contributed by atoms with Crippen molar-refractivity contribution >= 4 is 17.6 Å². The molecule has 1 aromatic heterocycles. The number of nitrogens with one attached hydrogen (secondary N) is 1. The Morgan fingerprint density at radius 3 is 2.90 bits per heavy atom. The number of rotatable bonds is 6. The molecule has 2 rings (SSSR count). The van der Waals surface area contributed by atoms with E-state index in [0.29, 0.717) is 24.5 Å². The van der Waals surface area contributed by atoms with Crippen LogP contribution >= 0.6 is 0 Å². The first-order valence-corrected chi connectivity index (χ1v) is 7.21. The van der Waals surface area contributed by atoms with Crippen molar-refractivity contribution in [2.75, 3.05) is 25.0 Å². The zero-order valence-electron chi connectivity index (χ0n) is 12.4. The lowest BCUT2D eigenvalue weighted by atomic mass is 10.2. The molecule has 1 aromatic rings. The highest BCUT2D eigenvalue weighted by molar-refractivity contribution is 5.93. The van der Waals surface area contributed by atoms with Gasteiger partial charge in [-0.15, -0.1) is 0 Å². The molecule has 1 unspecified atom stereocenters. The molecule has 2 heterocycles. The third kappa shape index (κ3) is 4.56. The highest BCUT2D eigenvalue weighted by Gasteiger charge is 2.23. The van der Waals surface area contributed by atoms with Gasteiger partial charge in [-0.25, -0.2) is 0 Å². The van der Waals surface area contributed by atoms with Crippen LogP contribution in [0.25, 0.3) is 0 Å². The summed E-state index contributed by atoms with van der Waals surface area (Å²) in [5, 5.41) is 6.31. The summed E-state index contributed by atoms with van der Waals surface area (Å²) in [5.41, 5.74) is 0. The molecule has 0 spiro atoms. The Morgan fingerprint density at radius 2 is 2.33 bits per heavy atom. The number of aromatic nitrogens is 1. The SMILES string of the molecule is CCC(=O)N(CC(=O)Nc1cc(C)on1)CC1CCCO1. The second-order valence-corrected chi connectivity index (χ2v) is 5.13. The Hall–Kier alpha value is -1.89. The van der Waals surface area contributed by atoms with Crippen LogP contribution in [0.5, 0.6) is 0 Å². The number of aryl methyl sites for hydroxylation is 1. The molecule has 7 heteroatoms. The first-order valence-electron chi connectivity index (χ1n) is 7.21. The van der Waals surface area contributed by atoms with Crippen molar-refractivity contribution < 1.29 is 18.8 Å². The Labute approximate surface area is 123 Å². The van der Waals surface area contributed by atoms with E-state index < -0.39 is 0 Å². The van der Waals surface area contributed by atoms with Gasteiger partial charge in [0.2, 0.25) is 11.8 Å². The summed E-state index contributed by atoms with van der Waals surface area (Å²) in [7, 11) is 0. The summed E-state index contributed by atoms with van der Waals surface area (Å²) in [4.78, 5) is 25.5. The summed E-state index contributed by atoms with van der Waals surface area (Å²) in [5.74, 6) is 0.629. The second kappa shape index (κ2) is 7.21. The van der Waals surface area contributed by atoms with Crippen LogP contribution in [0.3, 0.4) is 0 Å². The van der Waals surface area contributed by atoms with Gasteiger partial charge in [-0.1, -0.05) is 12.1 Å². The standard InChI is InChI=1S/C14H21N3O4/c1-3-14(19)17(8-11-5-4-6-20-11)9-13(18)15-12-7-10(2)21-16-12/h7,11H,3-6,8-9H2,1-2H3,(H,15,16,18). The molecule has 0 aromatic carbocycles. The summed E-state index contributed by atoms with van der Waals surface area (Å²) < 4.78 is 10.4. The number of nitrogens with zero attached hydrogens (tertiary/aromatic N) is 2. The van der Waals surface area contributed by atoms with Gasteiger partial charge in [0.05, 0.1) is 12.6 Å². The fraction of sp³-hybridized carbons (Fsp3) is 0.643. The predicted molar refractivity (Wildman–Crippen MR) is 75.7 cm³/mol. The average Bonchev–Trinajstić information content (AvgIpc) is 3.09. The minimum absolute atomic E-state index is 0.00155. The molecule has 0 aliphatic carbocycles. The number of amides is 2. The second-order valence-electron chi connectivity index (χ2n) is 5.13.